The lowest BCUT2D eigenvalue weighted by molar-refractivity contribution is 0.404. The Morgan fingerprint density at radius 2 is 1.11 bits per heavy atom. The lowest BCUT2D eigenvalue weighted by Gasteiger charge is -2.21. The van der Waals surface area contributed by atoms with Crippen molar-refractivity contribution in [3.8, 4) is 0 Å². The van der Waals surface area contributed by atoms with Gasteiger partial charge in [0.25, 0.3) is 0 Å². The minimum atomic E-state index is -3.23. The van der Waals surface area contributed by atoms with E-state index in [1.165, 1.54) is 8.61 Å². The highest BCUT2D eigenvalue weighted by Crippen LogP contribution is 2.13. The van der Waals surface area contributed by atoms with E-state index in [0.29, 0.717) is 32.4 Å². The lowest BCUT2D eigenvalue weighted by Crippen LogP contribution is -2.38. The standard InChI is InChI=1S/C11H24N2O4S2/c1-3-10-18(14,15)12-6-5-7-13(9-8-12)19(16,17)11-4-2/h3-11H2,1-2H3. The van der Waals surface area contributed by atoms with Gasteiger partial charge in [0, 0.05) is 26.2 Å². The normalized spacial score (nSPS) is 20.3. The molecule has 19 heavy (non-hydrogen) atoms. The van der Waals surface area contributed by atoms with Gasteiger partial charge in [-0.3, -0.25) is 0 Å². The lowest BCUT2D eigenvalue weighted by atomic mass is 10.4. The van der Waals surface area contributed by atoms with Crippen LogP contribution in [0.4, 0.5) is 0 Å². The summed E-state index contributed by atoms with van der Waals surface area (Å²) in [7, 11) is -6.45. The van der Waals surface area contributed by atoms with Gasteiger partial charge in [-0.05, 0) is 19.3 Å². The molecule has 0 amide bonds. The van der Waals surface area contributed by atoms with E-state index in [0.717, 1.165) is 0 Å². The van der Waals surface area contributed by atoms with Crippen molar-refractivity contribution in [2.45, 2.75) is 33.1 Å². The van der Waals surface area contributed by atoms with Crippen LogP contribution in [0.15, 0.2) is 0 Å². The third-order valence-electron chi connectivity index (χ3n) is 3.12. The van der Waals surface area contributed by atoms with Gasteiger partial charge in [0.2, 0.25) is 20.0 Å². The number of hydrogen-bond acceptors (Lipinski definition) is 4. The quantitative estimate of drug-likeness (QED) is 0.715. The molecule has 0 bridgehead atoms. The maximum atomic E-state index is 12.0. The van der Waals surface area contributed by atoms with Gasteiger partial charge in [0.05, 0.1) is 11.5 Å². The summed E-state index contributed by atoms with van der Waals surface area (Å²) in [6.07, 6.45) is 1.72. The molecular formula is C11H24N2O4S2. The van der Waals surface area contributed by atoms with Gasteiger partial charge in [-0.1, -0.05) is 13.8 Å². The molecule has 0 aromatic rings. The van der Waals surface area contributed by atoms with E-state index in [4.69, 9.17) is 0 Å². The SMILES string of the molecule is CCCS(=O)(=O)N1CCCN(S(=O)(=O)CCC)CC1. The van der Waals surface area contributed by atoms with Gasteiger partial charge < -0.3 is 0 Å². The average Bonchev–Trinajstić information content (AvgIpc) is 2.54. The van der Waals surface area contributed by atoms with Crippen LogP contribution in [0.1, 0.15) is 33.1 Å². The number of sulfonamides is 2. The first-order valence-corrected chi connectivity index (χ1v) is 10.0. The number of hydrogen-bond donors (Lipinski definition) is 0. The van der Waals surface area contributed by atoms with E-state index in [1.54, 1.807) is 0 Å². The molecule has 0 atom stereocenters. The Balaban J connectivity index is 2.72. The average molecular weight is 312 g/mol. The third kappa shape index (κ3) is 4.70. The summed E-state index contributed by atoms with van der Waals surface area (Å²) in [6.45, 7) is 5.03. The van der Waals surface area contributed by atoms with Crippen molar-refractivity contribution in [3.05, 3.63) is 0 Å². The van der Waals surface area contributed by atoms with Crippen LogP contribution in [0.3, 0.4) is 0 Å². The molecule has 8 heteroatoms. The summed E-state index contributed by atoms with van der Waals surface area (Å²) >= 11 is 0. The second-order valence-corrected chi connectivity index (χ2v) is 8.96. The first kappa shape index (κ1) is 16.9. The van der Waals surface area contributed by atoms with Gasteiger partial charge >= 0.3 is 0 Å². The fourth-order valence-electron chi connectivity index (χ4n) is 2.20. The minimum Gasteiger partial charge on any atom is -0.212 e. The van der Waals surface area contributed by atoms with Crippen LogP contribution in [0.25, 0.3) is 0 Å². The van der Waals surface area contributed by atoms with Crippen molar-refractivity contribution in [1.82, 2.24) is 8.61 Å². The minimum absolute atomic E-state index is 0.134. The van der Waals surface area contributed by atoms with Crippen LogP contribution in [-0.4, -0.2) is 63.1 Å². The molecule has 1 aliphatic heterocycles. The first-order chi connectivity index (χ1) is 8.83. The summed E-state index contributed by atoms with van der Waals surface area (Å²) < 4.78 is 50.8. The predicted octanol–water partition coefficient (Wildman–Crippen LogP) is 0.474. The Kier molecular flexibility index (Phi) is 6.22. The second-order valence-electron chi connectivity index (χ2n) is 4.78. The number of nitrogens with zero attached hydrogens (tertiary/aromatic N) is 2. The van der Waals surface area contributed by atoms with E-state index in [9.17, 15) is 16.8 Å². The van der Waals surface area contributed by atoms with Crippen molar-refractivity contribution in [2.24, 2.45) is 0 Å². The van der Waals surface area contributed by atoms with Gasteiger partial charge in [-0.2, -0.15) is 0 Å². The fourth-order valence-corrected chi connectivity index (χ4v) is 5.28. The van der Waals surface area contributed by atoms with E-state index < -0.39 is 20.0 Å². The molecule has 1 aliphatic rings. The van der Waals surface area contributed by atoms with E-state index in [2.05, 4.69) is 0 Å². The van der Waals surface area contributed by atoms with Crippen LogP contribution in [0.5, 0.6) is 0 Å². The molecule has 1 saturated heterocycles. The highest BCUT2D eigenvalue weighted by Gasteiger charge is 2.28. The maximum Gasteiger partial charge on any atom is 0.214 e. The Bertz CT molecular complexity index is 429. The Labute approximate surface area is 116 Å². The molecule has 0 saturated carbocycles. The zero-order valence-electron chi connectivity index (χ0n) is 11.7. The van der Waals surface area contributed by atoms with Gasteiger partial charge in [-0.15, -0.1) is 0 Å². The van der Waals surface area contributed by atoms with Crippen molar-refractivity contribution in [2.75, 3.05) is 37.7 Å². The van der Waals surface area contributed by atoms with Gasteiger partial charge in [0.15, 0.2) is 0 Å². The largest absolute Gasteiger partial charge is 0.214 e. The van der Waals surface area contributed by atoms with Crippen molar-refractivity contribution >= 4 is 20.0 Å². The molecule has 1 fully saturated rings. The zero-order valence-corrected chi connectivity index (χ0v) is 13.3. The third-order valence-corrected chi connectivity index (χ3v) is 7.28. The Morgan fingerprint density at radius 1 is 0.737 bits per heavy atom. The highest BCUT2D eigenvalue weighted by molar-refractivity contribution is 7.89. The van der Waals surface area contributed by atoms with Crippen LogP contribution < -0.4 is 0 Å². The smallest absolute Gasteiger partial charge is 0.212 e. The van der Waals surface area contributed by atoms with E-state index in [-0.39, 0.29) is 24.6 Å². The molecule has 0 radical (unpaired) electrons. The molecule has 0 unspecified atom stereocenters. The maximum absolute atomic E-state index is 12.0. The monoisotopic (exact) mass is 312 g/mol. The fraction of sp³-hybridized carbons (Fsp3) is 1.00. The number of rotatable bonds is 6. The van der Waals surface area contributed by atoms with Crippen LogP contribution in [0, 0.1) is 0 Å². The van der Waals surface area contributed by atoms with Crippen molar-refractivity contribution in [1.29, 1.82) is 0 Å². The summed E-state index contributed by atoms with van der Waals surface area (Å²) in [6, 6.07) is 0. The van der Waals surface area contributed by atoms with Crippen molar-refractivity contribution < 1.29 is 16.8 Å². The molecule has 0 spiro atoms. The molecular weight excluding hydrogens is 288 g/mol. The molecule has 0 N–H and O–H groups in total. The summed E-state index contributed by atoms with van der Waals surface area (Å²) in [5, 5.41) is 0. The molecule has 6 nitrogen and oxygen atoms in total. The van der Waals surface area contributed by atoms with Gasteiger partial charge in [0.1, 0.15) is 0 Å². The summed E-state index contributed by atoms with van der Waals surface area (Å²) in [5.41, 5.74) is 0. The van der Waals surface area contributed by atoms with Crippen LogP contribution in [0.2, 0.25) is 0 Å². The van der Waals surface area contributed by atoms with Crippen LogP contribution in [-0.2, 0) is 20.0 Å². The highest BCUT2D eigenvalue weighted by atomic mass is 32.2. The van der Waals surface area contributed by atoms with Crippen LogP contribution >= 0.6 is 0 Å². The molecule has 114 valence electrons. The molecule has 1 rings (SSSR count). The zero-order chi connectivity index (χ0) is 14.5. The first-order valence-electron chi connectivity index (χ1n) is 6.79. The Morgan fingerprint density at radius 3 is 1.42 bits per heavy atom. The topological polar surface area (TPSA) is 74.8 Å². The molecule has 0 aliphatic carbocycles. The Hall–Kier alpha value is -0.180. The molecule has 0 aromatic carbocycles. The molecule has 0 aromatic heterocycles. The van der Waals surface area contributed by atoms with Gasteiger partial charge in [-0.25, -0.2) is 25.4 Å². The van der Waals surface area contributed by atoms with Crippen molar-refractivity contribution in [3.63, 3.8) is 0 Å². The molecule has 1 heterocycles. The summed E-state index contributed by atoms with van der Waals surface area (Å²) in [5.74, 6) is 0.267. The van der Waals surface area contributed by atoms with E-state index >= 15 is 0 Å². The predicted molar refractivity (Wildman–Crippen MR) is 75.9 cm³/mol. The second kappa shape index (κ2) is 7.01. The van der Waals surface area contributed by atoms with E-state index in [1.807, 2.05) is 13.8 Å². The summed E-state index contributed by atoms with van der Waals surface area (Å²) in [4.78, 5) is 0.